The zero-order chi connectivity index (χ0) is 14.7. The average Bonchev–Trinajstić information content (AvgIpc) is 2.40. The summed E-state index contributed by atoms with van der Waals surface area (Å²) >= 11 is 12.2. The van der Waals surface area contributed by atoms with Crippen LogP contribution in [0.15, 0.2) is 24.3 Å². The molecule has 0 amide bonds. The van der Waals surface area contributed by atoms with Crippen molar-refractivity contribution in [3.8, 4) is 11.4 Å². The van der Waals surface area contributed by atoms with E-state index >= 15 is 0 Å². The summed E-state index contributed by atoms with van der Waals surface area (Å²) in [5.41, 5.74) is 4.16. The van der Waals surface area contributed by atoms with Gasteiger partial charge in [0.25, 0.3) is 0 Å². The number of nitrogens with one attached hydrogen (secondary N) is 1. The van der Waals surface area contributed by atoms with Crippen LogP contribution in [-0.2, 0) is 6.42 Å². The van der Waals surface area contributed by atoms with Gasteiger partial charge in [0.15, 0.2) is 5.82 Å². The minimum Gasteiger partial charge on any atom is -0.308 e. The van der Waals surface area contributed by atoms with Crippen LogP contribution in [0.3, 0.4) is 0 Å². The van der Waals surface area contributed by atoms with Crippen molar-refractivity contribution in [1.82, 2.24) is 9.97 Å². The van der Waals surface area contributed by atoms with E-state index in [0.717, 1.165) is 12.1 Å². The van der Waals surface area contributed by atoms with E-state index < -0.39 is 0 Å². The molecule has 0 unspecified atom stereocenters. The van der Waals surface area contributed by atoms with Crippen LogP contribution in [0.5, 0.6) is 0 Å². The number of hydrazine groups is 1. The molecule has 0 aliphatic carbocycles. The molecule has 0 saturated carbocycles. The number of nitrogen functional groups attached to an aromatic ring is 1. The number of nitrogens with two attached hydrogens (primary N) is 1. The lowest BCUT2D eigenvalue weighted by molar-refractivity contribution is 0.635. The van der Waals surface area contributed by atoms with E-state index in [2.05, 4.69) is 29.2 Å². The molecule has 4 nitrogen and oxygen atoms in total. The molecule has 2 rings (SSSR count). The van der Waals surface area contributed by atoms with Crippen molar-refractivity contribution in [2.24, 2.45) is 11.8 Å². The number of benzene rings is 1. The Kier molecular flexibility index (Phi) is 4.81. The molecule has 0 atom stereocenters. The highest BCUT2D eigenvalue weighted by Crippen LogP contribution is 2.29. The SMILES string of the molecule is CC(C)Cc1cc(NN)nc(-c2cc(Cl)ccc2Cl)n1. The summed E-state index contributed by atoms with van der Waals surface area (Å²) in [5, 5.41) is 1.14. The zero-order valence-electron chi connectivity index (χ0n) is 11.3. The number of nitrogens with zero attached hydrogens (tertiary/aromatic N) is 2. The molecule has 1 heterocycles. The monoisotopic (exact) mass is 310 g/mol. The number of anilines is 1. The van der Waals surface area contributed by atoms with Gasteiger partial charge in [-0.05, 0) is 30.5 Å². The third kappa shape index (κ3) is 3.60. The lowest BCUT2D eigenvalue weighted by atomic mass is 10.1. The van der Waals surface area contributed by atoms with Gasteiger partial charge in [0.05, 0.1) is 5.02 Å². The Hall–Kier alpha value is -1.36. The van der Waals surface area contributed by atoms with Crippen molar-refractivity contribution in [3.63, 3.8) is 0 Å². The van der Waals surface area contributed by atoms with Crippen LogP contribution in [0, 0.1) is 5.92 Å². The fourth-order valence-electron chi connectivity index (χ4n) is 1.88. The Labute approximate surface area is 128 Å². The standard InChI is InChI=1S/C14H16Cl2N4/c1-8(2)5-10-7-13(20-17)19-14(18-10)11-6-9(15)3-4-12(11)16/h3-4,6-8H,5,17H2,1-2H3,(H,18,19,20). The van der Waals surface area contributed by atoms with Crippen molar-refractivity contribution in [3.05, 3.63) is 40.0 Å². The van der Waals surface area contributed by atoms with E-state index in [1.54, 1.807) is 18.2 Å². The zero-order valence-corrected chi connectivity index (χ0v) is 12.8. The number of halogens is 2. The molecule has 0 aliphatic heterocycles. The first-order chi connectivity index (χ1) is 9.49. The maximum atomic E-state index is 6.19. The fourth-order valence-corrected chi connectivity index (χ4v) is 2.26. The number of hydrogen-bond donors (Lipinski definition) is 2. The first-order valence-corrected chi connectivity index (χ1v) is 7.05. The van der Waals surface area contributed by atoms with Crippen molar-refractivity contribution in [1.29, 1.82) is 0 Å². The van der Waals surface area contributed by atoms with Crippen LogP contribution < -0.4 is 11.3 Å². The van der Waals surface area contributed by atoms with Gasteiger partial charge in [-0.1, -0.05) is 37.0 Å². The molecule has 0 fully saturated rings. The summed E-state index contributed by atoms with van der Waals surface area (Å²) < 4.78 is 0. The van der Waals surface area contributed by atoms with Crippen molar-refractivity contribution in [2.75, 3.05) is 5.43 Å². The lowest BCUT2D eigenvalue weighted by Crippen LogP contribution is -2.11. The quantitative estimate of drug-likeness (QED) is 0.663. The molecular weight excluding hydrogens is 295 g/mol. The summed E-state index contributed by atoms with van der Waals surface area (Å²) in [7, 11) is 0. The second kappa shape index (κ2) is 6.39. The molecule has 6 heteroatoms. The Bertz CT molecular complexity index is 614. The summed E-state index contributed by atoms with van der Waals surface area (Å²) in [6.45, 7) is 4.26. The van der Waals surface area contributed by atoms with Gasteiger partial charge in [-0.25, -0.2) is 15.8 Å². The van der Waals surface area contributed by atoms with Gasteiger partial charge < -0.3 is 5.43 Å². The van der Waals surface area contributed by atoms with Crippen LogP contribution >= 0.6 is 23.2 Å². The molecule has 0 aliphatic rings. The summed E-state index contributed by atoms with van der Waals surface area (Å²) in [5.74, 6) is 7.02. The van der Waals surface area contributed by atoms with Crippen molar-refractivity contribution in [2.45, 2.75) is 20.3 Å². The Morgan fingerprint density at radius 3 is 2.60 bits per heavy atom. The molecule has 2 aromatic rings. The molecule has 0 saturated heterocycles. The minimum absolute atomic E-state index is 0.484. The second-order valence-electron chi connectivity index (χ2n) is 4.93. The summed E-state index contributed by atoms with van der Waals surface area (Å²) in [4.78, 5) is 8.89. The van der Waals surface area contributed by atoms with E-state index in [0.29, 0.717) is 33.2 Å². The lowest BCUT2D eigenvalue weighted by Gasteiger charge is -2.10. The third-order valence-electron chi connectivity index (χ3n) is 2.71. The molecule has 106 valence electrons. The Morgan fingerprint density at radius 2 is 1.95 bits per heavy atom. The van der Waals surface area contributed by atoms with Gasteiger partial charge in [-0.2, -0.15) is 0 Å². The van der Waals surface area contributed by atoms with Crippen molar-refractivity contribution >= 4 is 29.0 Å². The first kappa shape index (κ1) is 15.0. The minimum atomic E-state index is 0.484. The van der Waals surface area contributed by atoms with Gasteiger partial charge in [0, 0.05) is 22.3 Å². The molecule has 1 aromatic heterocycles. The van der Waals surface area contributed by atoms with Crippen LogP contribution in [-0.4, -0.2) is 9.97 Å². The molecule has 20 heavy (non-hydrogen) atoms. The summed E-state index contributed by atoms with van der Waals surface area (Å²) in [6.07, 6.45) is 0.836. The van der Waals surface area contributed by atoms with Gasteiger partial charge in [-0.3, -0.25) is 0 Å². The number of hydrogen-bond acceptors (Lipinski definition) is 4. The van der Waals surface area contributed by atoms with E-state index in [9.17, 15) is 0 Å². The normalized spacial score (nSPS) is 10.9. The largest absolute Gasteiger partial charge is 0.308 e. The maximum Gasteiger partial charge on any atom is 0.163 e. The number of aromatic nitrogens is 2. The van der Waals surface area contributed by atoms with E-state index in [1.165, 1.54) is 0 Å². The Balaban J connectivity index is 2.52. The van der Waals surface area contributed by atoms with Crippen LogP contribution in [0.2, 0.25) is 10.0 Å². The highest BCUT2D eigenvalue weighted by Gasteiger charge is 2.11. The van der Waals surface area contributed by atoms with E-state index in [-0.39, 0.29) is 0 Å². The fraction of sp³-hybridized carbons (Fsp3) is 0.286. The predicted octanol–water partition coefficient (Wildman–Crippen LogP) is 3.93. The maximum absolute atomic E-state index is 6.19. The molecule has 0 radical (unpaired) electrons. The van der Waals surface area contributed by atoms with Crippen molar-refractivity contribution < 1.29 is 0 Å². The molecule has 3 N–H and O–H groups in total. The van der Waals surface area contributed by atoms with Gasteiger partial charge in [-0.15, -0.1) is 0 Å². The number of rotatable bonds is 4. The topological polar surface area (TPSA) is 63.8 Å². The second-order valence-corrected chi connectivity index (χ2v) is 5.78. The van der Waals surface area contributed by atoms with Crippen LogP contribution in [0.25, 0.3) is 11.4 Å². The smallest absolute Gasteiger partial charge is 0.163 e. The highest BCUT2D eigenvalue weighted by molar-refractivity contribution is 6.35. The van der Waals surface area contributed by atoms with E-state index in [1.807, 2.05) is 6.07 Å². The molecular formula is C14H16Cl2N4. The highest BCUT2D eigenvalue weighted by atomic mass is 35.5. The average molecular weight is 311 g/mol. The van der Waals surface area contributed by atoms with Crippen LogP contribution in [0.1, 0.15) is 19.5 Å². The van der Waals surface area contributed by atoms with Gasteiger partial charge >= 0.3 is 0 Å². The molecule has 0 spiro atoms. The van der Waals surface area contributed by atoms with Crippen LogP contribution in [0.4, 0.5) is 5.82 Å². The summed E-state index contributed by atoms with van der Waals surface area (Å²) in [6, 6.07) is 7.04. The molecule has 0 bridgehead atoms. The first-order valence-electron chi connectivity index (χ1n) is 6.29. The third-order valence-corrected chi connectivity index (χ3v) is 3.28. The van der Waals surface area contributed by atoms with Gasteiger partial charge in [0.1, 0.15) is 5.82 Å². The Morgan fingerprint density at radius 1 is 1.20 bits per heavy atom. The van der Waals surface area contributed by atoms with E-state index in [4.69, 9.17) is 29.0 Å². The van der Waals surface area contributed by atoms with Gasteiger partial charge in [0.2, 0.25) is 0 Å². The predicted molar refractivity (Wildman–Crippen MR) is 83.8 cm³/mol. The molecule has 1 aromatic carbocycles.